The van der Waals surface area contributed by atoms with E-state index in [9.17, 15) is 4.39 Å². The van der Waals surface area contributed by atoms with Crippen LogP contribution in [-0.4, -0.2) is 66.3 Å². The Labute approximate surface area is 229 Å². The van der Waals surface area contributed by atoms with E-state index in [0.29, 0.717) is 34.8 Å². The second kappa shape index (κ2) is 10.1. The number of nitrogens with zero attached hydrogens (tertiary/aromatic N) is 6. The van der Waals surface area contributed by atoms with E-state index >= 15 is 0 Å². The van der Waals surface area contributed by atoms with Crippen molar-refractivity contribution >= 4 is 22.2 Å². The highest BCUT2D eigenvalue weighted by atomic mass is 19.1. The van der Waals surface area contributed by atoms with Crippen molar-refractivity contribution in [3.05, 3.63) is 72.4 Å². The number of H-pyrrole nitrogens is 2. The average molecular weight is 535 g/mol. The number of likely N-dealkylation sites (tertiary alicyclic amines) is 1. The lowest BCUT2D eigenvalue weighted by Gasteiger charge is -2.15. The Morgan fingerprint density at radius 1 is 1.00 bits per heavy atom. The highest BCUT2D eigenvalue weighted by Crippen LogP contribution is 2.32. The van der Waals surface area contributed by atoms with E-state index in [-0.39, 0.29) is 5.82 Å². The van der Waals surface area contributed by atoms with Crippen LogP contribution in [0.3, 0.4) is 0 Å². The number of aryl methyl sites for hydroxylation is 1. The predicted octanol–water partition coefficient (Wildman–Crippen LogP) is 5.55. The third-order valence-corrected chi connectivity index (χ3v) is 7.26. The summed E-state index contributed by atoms with van der Waals surface area (Å²) in [6, 6.07) is 12.6. The largest absolute Gasteiger partial charge is 0.491 e. The first-order valence-corrected chi connectivity index (χ1v) is 13.4. The monoisotopic (exact) mass is 534 g/mol. The van der Waals surface area contributed by atoms with E-state index in [1.165, 1.54) is 25.0 Å². The SMILES string of the molecule is Cc1cc(F)cc(-c2ccnc3nc(-c4n[nH]c5ccc(-c6cncc(OCCN7CCCC7)c6)nc45)[nH]c23)c1. The highest BCUT2D eigenvalue weighted by molar-refractivity contribution is 5.95. The first kappa shape index (κ1) is 24.3. The summed E-state index contributed by atoms with van der Waals surface area (Å²) < 4.78 is 20.2. The molecule has 10 heteroatoms. The van der Waals surface area contributed by atoms with Crippen LogP contribution >= 0.6 is 0 Å². The molecule has 1 saturated heterocycles. The van der Waals surface area contributed by atoms with Crippen LogP contribution in [0.1, 0.15) is 18.4 Å². The van der Waals surface area contributed by atoms with Crippen LogP contribution in [0.4, 0.5) is 4.39 Å². The molecule has 40 heavy (non-hydrogen) atoms. The van der Waals surface area contributed by atoms with Gasteiger partial charge in [-0.15, -0.1) is 0 Å². The number of fused-ring (bicyclic) bond motifs is 2. The van der Waals surface area contributed by atoms with E-state index in [1.54, 1.807) is 18.6 Å². The zero-order chi connectivity index (χ0) is 27.1. The summed E-state index contributed by atoms with van der Waals surface area (Å²) in [5, 5.41) is 7.56. The van der Waals surface area contributed by atoms with Crippen LogP contribution in [0, 0.1) is 12.7 Å². The molecule has 0 bridgehead atoms. The molecule has 1 aliphatic rings. The molecule has 0 atom stereocenters. The fourth-order valence-electron chi connectivity index (χ4n) is 5.32. The van der Waals surface area contributed by atoms with Gasteiger partial charge in [-0.2, -0.15) is 5.10 Å². The number of nitrogens with one attached hydrogen (secondary N) is 2. The van der Waals surface area contributed by atoms with Gasteiger partial charge in [0.1, 0.15) is 23.7 Å². The van der Waals surface area contributed by atoms with Gasteiger partial charge in [0.25, 0.3) is 0 Å². The lowest BCUT2D eigenvalue weighted by atomic mass is 10.0. The number of ether oxygens (including phenoxy) is 1. The summed E-state index contributed by atoms with van der Waals surface area (Å²) >= 11 is 0. The van der Waals surface area contributed by atoms with Crippen LogP contribution < -0.4 is 4.74 Å². The van der Waals surface area contributed by atoms with Crippen LogP contribution in [0.2, 0.25) is 0 Å². The molecule has 1 aliphatic heterocycles. The van der Waals surface area contributed by atoms with Gasteiger partial charge in [-0.05, 0) is 80.4 Å². The molecule has 0 saturated carbocycles. The number of imidazole rings is 1. The van der Waals surface area contributed by atoms with Gasteiger partial charge in [0, 0.05) is 30.1 Å². The fraction of sp³-hybridized carbons (Fsp3) is 0.233. The number of hydrogen-bond acceptors (Lipinski definition) is 7. The van der Waals surface area contributed by atoms with Crippen molar-refractivity contribution in [1.82, 2.24) is 40.0 Å². The molecule has 200 valence electrons. The van der Waals surface area contributed by atoms with Crippen molar-refractivity contribution in [2.75, 3.05) is 26.2 Å². The van der Waals surface area contributed by atoms with Gasteiger partial charge in [0.2, 0.25) is 0 Å². The lowest BCUT2D eigenvalue weighted by molar-refractivity contribution is 0.237. The molecular formula is C30H27FN8O. The summed E-state index contributed by atoms with van der Waals surface area (Å²) in [6.45, 7) is 5.70. The zero-order valence-corrected chi connectivity index (χ0v) is 22.0. The number of halogens is 1. The normalized spacial score (nSPS) is 13.9. The number of aromatic nitrogens is 7. The zero-order valence-electron chi connectivity index (χ0n) is 22.0. The summed E-state index contributed by atoms with van der Waals surface area (Å²) in [4.78, 5) is 24.2. The summed E-state index contributed by atoms with van der Waals surface area (Å²) in [7, 11) is 0. The third kappa shape index (κ3) is 4.66. The molecule has 6 heterocycles. The third-order valence-electron chi connectivity index (χ3n) is 7.26. The minimum atomic E-state index is -0.287. The minimum Gasteiger partial charge on any atom is -0.491 e. The second-order valence-electron chi connectivity index (χ2n) is 10.1. The fourth-order valence-corrected chi connectivity index (χ4v) is 5.32. The smallest absolute Gasteiger partial charge is 0.178 e. The molecule has 6 aromatic rings. The van der Waals surface area contributed by atoms with Crippen molar-refractivity contribution in [2.45, 2.75) is 19.8 Å². The topological polar surface area (TPSA) is 108 Å². The van der Waals surface area contributed by atoms with Crippen molar-refractivity contribution in [2.24, 2.45) is 0 Å². The van der Waals surface area contributed by atoms with Crippen LogP contribution in [0.25, 0.3) is 56.1 Å². The Morgan fingerprint density at radius 3 is 2.77 bits per heavy atom. The van der Waals surface area contributed by atoms with Gasteiger partial charge in [0.05, 0.1) is 22.9 Å². The quantitative estimate of drug-likeness (QED) is 0.277. The van der Waals surface area contributed by atoms with Crippen molar-refractivity contribution in [3.8, 4) is 39.7 Å². The number of aromatic amines is 2. The van der Waals surface area contributed by atoms with Gasteiger partial charge in [-0.3, -0.25) is 15.0 Å². The molecule has 0 spiro atoms. The summed E-state index contributed by atoms with van der Waals surface area (Å²) in [5.41, 5.74) is 7.24. The Hall–Kier alpha value is -4.70. The summed E-state index contributed by atoms with van der Waals surface area (Å²) in [5.74, 6) is 0.954. The predicted molar refractivity (Wildman–Crippen MR) is 151 cm³/mol. The van der Waals surface area contributed by atoms with E-state index in [4.69, 9.17) is 14.7 Å². The molecule has 0 radical (unpaired) electrons. The standard InChI is InChI=1S/C30H27FN8O/c1-18-12-19(14-21(31)13-18)23-6-7-33-29-26(23)35-30(36-29)28-27-25(37-38-28)5-4-24(34-27)20-15-22(17-32-16-20)40-11-10-39-8-2-3-9-39/h4-7,12-17H,2-3,8-11H2,1H3,(H,37,38)(H,33,35,36). The van der Waals surface area contributed by atoms with E-state index in [0.717, 1.165) is 58.8 Å². The van der Waals surface area contributed by atoms with Crippen LogP contribution in [-0.2, 0) is 0 Å². The first-order chi connectivity index (χ1) is 19.6. The average Bonchev–Trinajstić information content (AvgIpc) is 3.71. The summed E-state index contributed by atoms with van der Waals surface area (Å²) in [6.07, 6.45) is 7.71. The molecule has 0 aliphatic carbocycles. The van der Waals surface area contributed by atoms with Gasteiger partial charge in [-0.25, -0.2) is 19.3 Å². The van der Waals surface area contributed by atoms with E-state index in [1.807, 2.05) is 37.3 Å². The molecule has 5 aromatic heterocycles. The van der Waals surface area contributed by atoms with Crippen molar-refractivity contribution in [3.63, 3.8) is 0 Å². The molecule has 0 unspecified atom stereocenters. The maximum absolute atomic E-state index is 14.2. The molecule has 0 amide bonds. The van der Waals surface area contributed by atoms with Crippen molar-refractivity contribution in [1.29, 1.82) is 0 Å². The second-order valence-corrected chi connectivity index (χ2v) is 10.1. The molecule has 9 nitrogen and oxygen atoms in total. The molecule has 2 N–H and O–H groups in total. The van der Waals surface area contributed by atoms with Crippen molar-refractivity contribution < 1.29 is 9.13 Å². The Balaban J connectivity index is 1.21. The van der Waals surface area contributed by atoms with Gasteiger partial charge >= 0.3 is 0 Å². The molecule has 7 rings (SSSR count). The van der Waals surface area contributed by atoms with Crippen LogP contribution in [0.15, 0.2) is 61.1 Å². The Bertz CT molecular complexity index is 1820. The van der Waals surface area contributed by atoms with Gasteiger partial charge in [0.15, 0.2) is 17.2 Å². The molecule has 1 fully saturated rings. The maximum atomic E-state index is 14.2. The number of pyridine rings is 3. The molecular weight excluding hydrogens is 507 g/mol. The van der Waals surface area contributed by atoms with Crippen LogP contribution in [0.5, 0.6) is 5.75 Å². The van der Waals surface area contributed by atoms with E-state index in [2.05, 4.69) is 30.0 Å². The maximum Gasteiger partial charge on any atom is 0.178 e. The number of rotatable bonds is 7. The van der Waals surface area contributed by atoms with E-state index < -0.39 is 0 Å². The van der Waals surface area contributed by atoms with Gasteiger partial charge in [-0.1, -0.05) is 6.07 Å². The minimum absolute atomic E-state index is 0.287. The number of hydrogen-bond donors (Lipinski definition) is 2. The Kier molecular flexibility index (Phi) is 6.16. The molecule has 1 aromatic carbocycles. The highest BCUT2D eigenvalue weighted by Gasteiger charge is 2.18. The first-order valence-electron chi connectivity index (χ1n) is 13.4. The lowest BCUT2D eigenvalue weighted by Crippen LogP contribution is -2.25. The van der Waals surface area contributed by atoms with Gasteiger partial charge < -0.3 is 9.72 Å². The number of benzene rings is 1. The Morgan fingerprint density at radius 2 is 1.90 bits per heavy atom.